The topological polar surface area (TPSA) is 63.4 Å². The van der Waals surface area contributed by atoms with E-state index in [4.69, 9.17) is 15.5 Å². The van der Waals surface area contributed by atoms with Gasteiger partial charge in [-0.05, 0) is 69.4 Å². The molecule has 3 saturated carbocycles. The summed E-state index contributed by atoms with van der Waals surface area (Å²) < 4.78 is 6.03. The Balaban J connectivity index is 1.22. The highest BCUT2D eigenvalue weighted by Crippen LogP contribution is 2.56. The molecule has 25 heavy (non-hydrogen) atoms. The van der Waals surface area contributed by atoms with E-state index >= 15 is 0 Å². The zero-order valence-corrected chi connectivity index (χ0v) is 15.3. The lowest BCUT2D eigenvalue weighted by Crippen LogP contribution is -2.57. The van der Waals surface area contributed by atoms with Crippen molar-refractivity contribution < 1.29 is 4.74 Å². The molecule has 4 aliphatic rings. The molecule has 1 aromatic rings. The van der Waals surface area contributed by atoms with Gasteiger partial charge in [0, 0.05) is 25.2 Å². The van der Waals surface area contributed by atoms with E-state index in [1.165, 1.54) is 50.6 Å². The van der Waals surface area contributed by atoms with Crippen molar-refractivity contribution in [1.82, 2.24) is 4.98 Å². The molecule has 0 atom stereocenters. The lowest BCUT2D eigenvalue weighted by molar-refractivity contribution is -0.106. The molecule has 136 valence electrons. The molecular formula is C20H30N4O. The van der Waals surface area contributed by atoms with Crippen molar-refractivity contribution >= 4 is 11.5 Å². The van der Waals surface area contributed by atoms with Crippen molar-refractivity contribution in [3.05, 3.63) is 17.8 Å². The number of nitrogens with one attached hydrogen (secondary N) is 1. The fourth-order valence-electron chi connectivity index (χ4n) is 5.48. The fourth-order valence-corrected chi connectivity index (χ4v) is 5.48. The normalized spacial score (nSPS) is 35.8. The van der Waals surface area contributed by atoms with Crippen LogP contribution in [0.5, 0.6) is 0 Å². The minimum absolute atomic E-state index is 0.120. The average Bonchev–Trinajstić information content (AvgIpc) is 2.51. The molecular weight excluding hydrogens is 312 g/mol. The van der Waals surface area contributed by atoms with E-state index in [9.17, 15) is 0 Å². The van der Waals surface area contributed by atoms with Gasteiger partial charge in [0.1, 0.15) is 5.82 Å². The molecule has 1 aliphatic heterocycles. The molecule has 3 aliphatic carbocycles. The van der Waals surface area contributed by atoms with Crippen LogP contribution in [0.4, 0.5) is 11.5 Å². The van der Waals surface area contributed by atoms with Crippen molar-refractivity contribution in [1.29, 1.82) is 0 Å². The molecule has 3 N–H and O–H groups in total. The summed E-state index contributed by atoms with van der Waals surface area (Å²) in [7, 11) is 0. The number of hydrogen-bond donors (Lipinski definition) is 2. The largest absolute Gasteiger partial charge is 0.381 e. The molecule has 0 radical (unpaired) electrons. The summed E-state index contributed by atoms with van der Waals surface area (Å²) in [5, 5.41) is 3.71. The monoisotopic (exact) mass is 342 g/mol. The second-order valence-corrected chi connectivity index (χ2v) is 9.03. The molecule has 0 unspecified atom stereocenters. The lowest BCUT2D eigenvalue weighted by Gasteiger charge is -2.57. The summed E-state index contributed by atoms with van der Waals surface area (Å²) in [6.07, 6.45) is 8.70. The van der Waals surface area contributed by atoms with Gasteiger partial charge >= 0.3 is 0 Å². The Labute approximate surface area is 150 Å². The predicted molar refractivity (Wildman–Crippen MR) is 100 cm³/mol. The third-order valence-corrected chi connectivity index (χ3v) is 7.02. The molecule has 0 amide bonds. The van der Waals surface area contributed by atoms with E-state index in [0.29, 0.717) is 17.5 Å². The minimum Gasteiger partial charge on any atom is -0.381 e. The van der Waals surface area contributed by atoms with Crippen LogP contribution in [0.3, 0.4) is 0 Å². The highest BCUT2D eigenvalue weighted by Gasteiger charge is 2.51. The smallest absolute Gasteiger partial charge is 0.129 e. The van der Waals surface area contributed by atoms with Gasteiger partial charge < -0.3 is 20.7 Å². The van der Waals surface area contributed by atoms with Crippen LogP contribution in [-0.2, 0) is 4.74 Å². The Bertz CT molecular complexity index is 658. The van der Waals surface area contributed by atoms with Gasteiger partial charge in [-0.1, -0.05) is 0 Å². The maximum atomic E-state index is 6.03. The number of nitrogens with zero attached hydrogens (tertiary/aromatic N) is 2. The Morgan fingerprint density at radius 1 is 1.24 bits per heavy atom. The number of hydrogen-bond acceptors (Lipinski definition) is 5. The molecule has 1 aromatic heterocycles. The Hall–Kier alpha value is -1.33. The number of pyridine rings is 1. The van der Waals surface area contributed by atoms with Crippen LogP contribution in [0.15, 0.2) is 12.1 Å². The standard InChI is InChI=1S/C20H30N4O/c1-14-17(23-16-11-19(12-16)9-15(21)10-19)3-4-18(22-14)24-7-8-25-20(13-24)5-2-6-20/h3-4,15-16,23H,2,5-13,21H2,1H3. The van der Waals surface area contributed by atoms with E-state index < -0.39 is 0 Å². The van der Waals surface area contributed by atoms with E-state index in [0.717, 1.165) is 31.2 Å². The lowest BCUT2D eigenvalue weighted by atomic mass is 9.52. The van der Waals surface area contributed by atoms with Crippen LogP contribution in [-0.4, -0.2) is 42.4 Å². The predicted octanol–water partition coefficient (Wildman–Crippen LogP) is 2.83. The van der Waals surface area contributed by atoms with Crippen LogP contribution in [0.25, 0.3) is 0 Å². The van der Waals surface area contributed by atoms with Crippen LogP contribution < -0.4 is 16.0 Å². The third-order valence-electron chi connectivity index (χ3n) is 7.02. The van der Waals surface area contributed by atoms with Gasteiger partial charge in [-0.15, -0.1) is 0 Å². The Morgan fingerprint density at radius 2 is 2.04 bits per heavy atom. The van der Waals surface area contributed by atoms with Crippen LogP contribution >= 0.6 is 0 Å². The van der Waals surface area contributed by atoms with E-state index in [-0.39, 0.29) is 5.60 Å². The summed E-state index contributed by atoms with van der Waals surface area (Å²) in [5.41, 5.74) is 8.96. The molecule has 2 spiro atoms. The van der Waals surface area contributed by atoms with E-state index in [1.54, 1.807) is 0 Å². The molecule has 5 rings (SSSR count). The zero-order chi connectivity index (χ0) is 17.1. The van der Waals surface area contributed by atoms with Gasteiger partial charge in [-0.2, -0.15) is 0 Å². The second kappa shape index (κ2) is 5.58. The van der Waals surface area contributed by atoms with Crippen molar-refractivity contribution in [2.24, 2.45) is 11.1 Å². The molecule has 5 heteroatoms. The number of rotatable bonds is 3. The van der Waals surface area contributed by atoms with Gasteiger partial charge in [0.2, 0.25) is 0 Å². The fraction of sp³-hybridized carbons (Fsp3) is 0.750. The summed E-state index contributed by atoms with van der Waals surface area (Å²) in [4.78, 5) is 7.31. The number of aryl methyl sites for hydroxylation is 1. The first kappa shape index (κ1) is 15.9. The molecule has 4 fully saturated rings. The second-order valence-electron chi connectivity index (χ2n) is 9.03. The van der Waals surface area contributed by atoms with E-state index in [2.05, 4.69) is 29.3 Å². The SMILES string of the molecule is Cc1nc(N2CCOC3(CCC3)C2)ccc1NC1CC2(CC(N)C2)C1. The van der Waals surface area contributed by atoms with Crippen molar-refractivity contribution in [3.8, 4) is 0 Å². The minimum atomic E-state index is 0.120. The summed E-state index contributed by atoms with van der Waals surface area (Å²) >= 11 is 0. The third kappa shape index (κ3) is 2.72. The number of anilines is 2. The molecule has 0 bridgehead atoms. The number of morpholine rings is 1. The van der Waals surface area contributed by atoms with Crippen LogP contribution in [0, 0.1) is 12.3 Å². The number of ether oxygens (including phenoxy) is 1. The zero-order valence-electron chi connectivity index (χ0n) is 15.3. The molecule has 2 heterocycles. The molecule has 5 nitrogen and oxygen atoms in total. The first-order valence-corrected chi connectivity index (χ1v) is 9.94. The first-order valence-electron chi connectivity index (χ1n) is 9.94. The Morgan fingerprint density at radius 3 is 2.68 bits per heavy atom. The maximum Gasteiger partial charge on any atom is 0.129 e. The van der Waals surface area contributed by atoms with Crippen molar-refractivity contribution in [3.63, 3.8) is 0 Å². The molecule has 0 aromatic carbocycles. The highest BCUT2D eigenvalue weighted by atomic mass is 16.5. The van der Waals surface area contributed by atoms with Gasteiger partial charge in [-0.3, -0.25) is 0 Å². The van der Waals surface area contributed by atoms with Crippen LogP contribution in [0.2, 0.25) is 0 Å². The van der Waals surface area contributed by atoms with Gasteiger partial charge in [0.15, 0.2) is 0 Å². The average molecular weight is 342 g/mol. The summed E-state index contributed by atoms with van der Waals surface area (Å²) in [6.45, 7) is 4.90. The quantitative estimate of drug-likeness (QED) is 0.884. The van der Waals surface area contributed by atoms with Gasteiger partial charge in [-0.25, -0.2) is 4.98 Å². The van der Waals surface area contributed by atoms with Gasteiger partial charge in [0.25, 0.3) is 0 Å². The Kier molecular flexibility index (Phi) is 3.55. The van der Waals surface area contributed by atoms with Crippen LogP contribution in [0.1, 0.15) is 50.6 Å². The highest BCUT2D eigenvalue weighted by molar-refractivity contribution is 5.55. The van der Waals surface area contributed by atoms with Crippen molar-refractivity contribution in [2.75, 3.05) is 29.9 Å². The molecule has 1 saturated heterocycles. The maximum absolute atomic E-state index is 6.03. The summed E-state index contributed by atoms with van der Waals surface area (Å²) in [5.74, 6) is 1.10. The first-order chi connectivity index (χ1) is 12.0. The summed E-state index contributed by atoms with van der Waals surface area (Å²) in [6, 6.07) is 5.45. The number of nitrogens with two attached hydrogens (primary N) is 1. The number of aromatic nitrogens is 1. The van der Waals surface area contributed by atoms with E-state index in [1.807, 2.05) is 0 Å². The van der Waals surface area contributed by atoms with Crippen molar-refractivity contribution in [2.45, 2.75) is 69.6 Å². The van der Waals surface area contributed by atoms with Gasteiger partial charge in [0.05, 0.1) is 23.6 Å².